The van der Waals surface area contributed by atoms with E-state index < -0.39 is 6.10 Å². The van der Waals surface area contributed by atoms with E-state index in [0.29, 0.717) is 32.4 Å². The summed E-state index contributed by atoms with van der Waals surface area (Å²) in [4.78, 5) is 0. The molecule has 0 bridgehead atoms. The third-order valence-electron chi connectivity index (χ3n) is 2.90. The van der Waals surface area contributed by atoms with E-state index in [2.05, 4.69) is 26.1 Å². The van der Waals surface area contributed by atoms with Gasteiger partial charge in [0.25, 0.3) is 0 Å². The summed E-state index contributed by atoms with van der Waals surface area (Å²) in [5.41, 5.74) is 0. The fraction of sp³-hybridized carbons (Fsp3) is 1.00. The summed E-state index contributed by atoms with van der Waals surface area (Å²) in [6.07, 6.45) is 1.91. The lowest BCUT2D eigenvalue weighted by molar-refractivity contribution is 0.0128. The van der Waals surface area contributed by atoms with Crippen LogP contribution in [0.5, 0.6) is 0 Å². The number of aliphatic hydroxyl groups is 1. The third-order valence-corrected chi connectivity index (χ3v) is 2.90. The molecule has 0 amide bonds. The molecule has 0 aromatic heterocycles. The van der Waals surface area contributed by atoms with Crippen molar-refractivity contribution in [3.05, 3.63) is 0 Å². The van der Waals surface area contributed by atoms with E-state index in [9.17, 15) is 5.11 Å². The summed E-state index contributed by atoms with van der Waals surface area (Å²) in [7, 11) is 1.64. The lowest BCUT2D eigenvalue weighted by atomic mass is 10.0. The zero-order valence-corrected chi connectivity index (χ0v) is 11.7. The minimum Gasteiger partial charge on any atom is -0.389 e. The fourth-order valence-corrected chi connectivity index (χ4v) is 1.61. The van der Waals surface area contributed by atoms with Gasteiger partial charge < -0.3 is 19.9 Å². The summed E-state index contributed by atoms with van der Waals surface area (Å²) in [6.45, 7) is 8.68. The van der Waals surface area contributed by atoms with Crippen molar-refractivity contribution in [2.24, 2.45) is 5.92 Å². The first-order valence-corrected chi connectivity index (χ1v) is 6.58. The van der Waals surface area contributed by atoms with Crippen molar-refractivity contribution >= 4 is 0 Å². The number of hydrogen-bond acceptors (Lipinski definition) is 4. The number of rotatable bonds is 11. The first-order valence-electron chi connectivity index (χ1n) is 6.58. The van der Waals surface area contributed by atoms with Gasteiger partial charge in [-0.3, -0.25) is 0 Å². The van der Waals surface area contributed by atoms with Crippen LogP contribution in [-0.2, 0) is 9.47 Å². The van der Waals surface area contributed by atoms with Crippen LogP contribution in [0.25, 0.3) is 0 Å². The first-order chi connectivity index (χ1) is 8.10. The molecule has 0 fully saturated rings. The van der Waals surface area contributed by atoms with Crippen molar-refractivity contribution in [3.63, 3.8) is 0 Å². The standard InChI is InChI=1S/C13H29NO3/c1-5-11(2)8-12(3)14-9-13(15)10-17-7-6-16-4/h11-15H,5-10H2,1-4H3. The van der Waals surface area contributed by atoms with Gasteiger partial charge in [0, 0.05) is 19.7 Å². The van der Waals surface area contributed by atoms with Crippen LogP contribution in [0.3, 0.4) is 0 Å². The summed E-state index contributed by atoms with van der Waals surface area (Å²) in [5.74, 6) is 0.729. The van der Waals surface area contributed by atoms with E-state index in [1.54, 1.807) is 7.11 Å². The van der Waals surface area contributed by atoms with Gasteiger partial charge in [-0.05, 0) is 19.3 Å². The molecule has 0 aromatic rings. The Hall–Kier alpha value is -0.160. The minimum absolute atomic E-state index is 0.367. The zero-order valence-electron chi connectivity index (χ0n) is 11.7. The SMILES string of the molecule is CCC(C)CC(C)NCC(O)COCCOC. The van der Waals surface area contributed by atoms with Gasteiger partial charge in [0.05, 0.1) is 25.9 Å². The second-order valence-electron chi connectivity index (χ2n) is 4.78. The summed E-state index contributed by atoms with van der Waals surface area (Å²) >= 11 is 0. The topological polar surface area (TPSA) is 50.7 Å². The van der Waals surface area contributed by atoms with Crippen LogP contribution in [0.4, 0.5) is 0 Å². The maximum absolute atomic E-state index is 9.66. The van der Waals surface area contributed by atoms with Crippen molar-refractivity contribution in [1.82, 2.24) is 5.32 Å². The number of aliphatic hydroxyl groups excluding tert-OH is 1. The largest absolute Gasteiger partial charge is 0.389 e. The van der Waals surface area contributed by atoms with Gasteiger partial charge in [-0.25, -0.2) is 0 Å². The van der Waals surface area contributed by atoms with E-state index in [0.717, 1.165) is 12.3 Å². The van der Waals surface area contributed by atoms with Crippen molar-refractivity contribution in [1.29, 1.82) is 0 Å². The van der Waals surface area contributed by atoms with Crippen LogP contribution in [0.1, 0.15) is 33.6 Å². The molecule has 0 aliphatic heterocycles. The molecule has 2 N–H and O–H groups in total. The van der Waals surface area contributed by atoms with Gasteiger partial charge >= 0.3 is 0 Å². The molecule has 0 spiro atoms. The average Bonchev–Trinajstić information content (AvgIpc) is 2.32. The predicted molar refractivity (Wildman–Crippen MR) is 70.2 cm³/mol. The molecule has 0 saturated carbocycles. The molecule has 0 aliphatic rings. The third kappa shape index (κ3) is 10.7. The van der Waals surface area contributed by atoms with E-state index in [4.69, 9.17) is 9.47 Å². The van der Waals surface area contributed by atoms with Crippen molar-refractivity contribution in [2.75, 3.05) is 33.5 Å². The maximum atomic E-state index is 9.66. The zero-order chi connectivity index (χ0) is 13.1. The van der Waals surface area contributed by atoms with E-state index >= 15 is 0 Å². The molecular formula is C13H29NO3. The van der Waals surface area contributed by atoms with Crippen molar-refractivity contribution < 1.29 is 14.6 Å². The van der Waals surface area contributed by atoms with Crippen LogP contribution in [0.15, 0.2) is 0 Å². The van der Waals surface area contributed by atoms with Gasteiger partial charge in [0.15, 0.2) is 0 Å². The summed E-state index contributed by atoms with van der Waals surface area (Å²) in [6, 6.07) is 0.443. The molecule has 4 heteroatoms. The number of ether oxygens (including phenoxy) is 2. The Morgan fingerprint density at radius 2 is 1.94 bits per heavy atom. The molecule has 0 aromatic carbocycles. The predicted octanol–water partition coefficient (Wildman–Crippen LogP) is 1.42. The van der Waals surface area contributed by atoms with Crippen molar-refractivity contribution in [2.45, 2.75) is 45.8 Å². The van der Waals surface area contributed by atoms with Crippen LogP contribution in [-0.4, -0.2) is 50.7 Å². The molecule has 0 rings (SSSR count). The average molecular weight is 247 g/mol. The van der Waals surface area contributed by atoms with Gasteiger partial charge in [-0.15, -0.1) is 0 Å². The molecule has 0 aliphatic carbocycles. The minimum atomic E-state index is -0.439. The van der Waals surface area contributed by atoms with Gasteiger partial charge in [-0.2, -0.15) is 0 Å². The quantitative estimate of drug-likeness (QED) is 0.542. The molecule has 3 unspecified atom stereocenters. The molecule has 0 saturated heterocycles. The summed E-state index contributed by atoms with van der Waals surface area (Å²) < 4.78 is 10.1. The van der Waals surface area contributed by atoms with Crippen molar-refractivity contribution in [3.8, 4) is 0 Å². The second-order valence-corrected chi connectivity index (χ2v) is 4.78. The highest BCUT2D eigenvalue weighted by molar-refractivity contribution is 4.67. The fourth-order valence-electron chi connectivity index (χ4n) is 1.61. The highest BCUT2D eigenvalue weighted by atomic mass is 16.5. The Bertz CT molecular complexity index is 167. The monoisotopic (exact) mass is 247 g/mol. The maximum Gasteiger partial charge on any atom is 0.0897 e. The highest BCUT2D eigenvalue weighted by Crippen LogP contribution is 2.09. The normalized spacial score (nSPS) is 16.8. The first kappa shape index (κ1) is 16.8. The molecule has 0 heterocycles. The van der Waals surface area contributed by atoms with Gasteiger partial charge in [-0.1, -0.05) is 20.3 Å². The Balaban J connectivity index is 3.45. The molecule has 4 nitrogen and oxygen atoms in total. The lowest BCUT2D eigenvalue weighted by Gasteiger charge is -2.19. The number of methoxy groups -OCH3 is 1. The van der Waals surface area contributed by atoms with E-state index in [-0.39, 0.29) is 0 Å². The molecule has 104 valence electrons. The van der Waals surface area contributed by atoms with Crippen LogP contribution in [0.2, 0.25) is 0 Å². The number of nitrogens with one attached hydrogen (secondary N) is 1. The Morgan fingerprint density at radius 1 is 1.24 bits per heavy atom. The Labute approximate surface area is 106 Å². The lowest BCUT2D eigenvalue weighted by Crippen LogP contribution is -2.36. The van der Waals surface area contributed by atoms with Crippen LogP contribution < -0.4 is 5.32 Å². The van der Waals surface area contributed by atoms with Crippen LogP contribution >= 0.6 is 0 Å². The second kappa shape index (κ2) is 11.0. The molecular weight excluding hydrogens is 218 g/mol. The van der Waals surface area contributed by atoms with Crippen LogP contribution in [0, 0.1) is 5.92 Å². The molecule has 3 atom stereocenters. The highest BCUT2D eigenvalue weighted by Gasteiger charge is 2.09. The number of hydrogen-bond donors (Lipinski definition) is 2. The smallest absolute Gasteiger partial charge is 0.0897 e. The molecule has 17 heavy (non-hydrogen) atoms. The summed E-state index contributed by atoms with van der Waals surface area (Å²) in [5, 5.41) is 13.0. The molecule has 0 radical (unpaired) electrons. The Morgan fingerprint density at radius 3 is 2.53 bits per heavy atom. The van der Waals surface area contributed by atoms with Gasteiger partial charge in [0.2, 0.25) is 0 Å². The Kier molecular flexibility index (Phi) is 10.9. The van der Waals surface area contributed by atoms with Gasteiger partial charge in [0.1, 0.15) is 0 Å². The van der Waals surface area contributed by atoms with E-state index in [1.165, 1.54) is 6.42 Å². The van der Waals surface area contributed by atoms with E-state index in [1.807, 2.05) is 0 Å².